The van der Waals surface area contributed by atoms with Gasteiger partial charge in [-0.25, -0.2) is 12.7 Å². The summed E-state index contributed by atoms with van der Waals surface area (Å²) >= 11 is 0. The van der Waals surface area contributed by atoms with E-state index in [0.29, 0.717) is 24.3 Å². The number of hydrogen-bond acceptors (Lipinski definition) is 4. The minimum atomic E-state index is -3.15. The fourth-order valence-electron chi connectivity index (χ4n) is 6.65. The van der Waals surface area contributed by atoms with Crippen molar-refractivity contribution in [2.45, 2.75) is 95.8 Å². The number of amides is 2. The monoisotopic (exact) mass is 453 g/mol. The minimum absolute atomic E-state index is 0.0833. The van der Waals surface area contributed by atoms with Crippen molar-refractivity contribution in [3.8, 4) is 0 Å². The summed E-state index contributed by atoms with van der Waals surface area (Å²) in [5.41, 5.74) is 0. The van der Waals surface area contributed by atoms with Gasteiger partial charge in [0.05, 0.1) is 18.3 Å². The highest BCUT2D eigenvalue weighted by Crippen LogP contribution is 2.44. The van der Waals surface area contributed by atoms with Gasteiger partial charge in [-0.1, -0.05) is 0 Å². The van der Waals surface area contributed by atoms with Crippen LogP contribution >= 0.6 is 0 Å². The van der Waals surface area contributed by atoms with Gasteiger partial charge in [0.25, 0.3) is 0 Å². The maximum atomic E-state index is 13.1. The van der Waals surface area contributed by atoms with Crippen LogP contribution in [0.4, 0.5) is 0 Å². The third-order valence-electron chi connectivity index (χ3n) is 8.53. The van der Waals surface area contributed by atoms with Gasteiger partial charge >= 0.3 is 0 Å². The molecule has 3 unspecified atom stereocenters. The lowest BCUT2D eigenvalue weighted by Crippen LogP contribution is -2.67. The molecule has 0 aromatic carbocycles. The highest BCUT2D eigenvalue weighted by atomic mass is 32.2. The van der Waals surface area contributed by atoms with E-state index in [1.807, 2.05) is 0 Å². The number of carbonyl (C=O) groups is 2. The molecule has 1 aliphatic heterocycles. The van der Waals surface area contributed by atoms with Crippen LogP contribution in [0.5, 0.6) is 0 Å². The molecule has 0 spiro atoms. The number of piperazine rings is 1. The Kier molecular flexibility index (Phi) is 6.43. The Labute approximate surface area is 187 Å². The van der Waals surface area contributed by atoms with Gasteiger partial charge in [-0.15, -0.1) is 0 Å². The molecule has 3 aliphatic carbocycles. The van der Waals surface area contributed by atoms with Gasteiger partial charge in [0.1, 0.15) is 0 Å². The molecule has 0 bridgehead atoms. The van der Waals surface area contributed by atoms with E-state index >= 15 is 0 Å². The molecule has 4 atom stereocenters. The molecule has 31 heavy (non-hydrogen) atoms. The van der Waals surface area contributed by atoms with E-state index in [9.17, 15) is 18.0 Å². The Morgan fingerprint density at radius 3 is 2.06 bits per heavy atom. The molecule has 3 saturated carbocycles. The van der Waals surface area contributed by atoms with Crippen LogP contribution < -0.4 is 0 Å². The van der Waals surface area contributed by atoms with Crippen LogP contribution in [0.1, 0.15) is 71.6 Å². The first-order chi connectivity index (χ1) is 14.6. The Morgan fingerprint density at radius 1 is 0.903 bits per heavy atom. The lowest BCUT2D eigenvalue weighted by molar-refractivity contribution is -0.155. The fraction of sp³-hybridized carbons (Fsp3) is 0.913. The van der Waals surface area contributed by atoms with Crippen molar-refractivity contribution in [3.63, 3.8) is 0 Å². The van der Waals surface area contributed by atoms with Crippen molar-refractivity contribution in [1.82, 2.24) is 14.1 Å². The van der Waals surface area contributed by atoms with Gasteiger partial charge in [0, 0.05) is 38.5 Å². The summed E-state index contributed by atoms with van der Waals surface area (Å²) in [5.74, 6) is 1.79. The largest absolute Gasteiger partial charge is 0.335 e. The minimum Gasteiger partial charge on any atom is -0.335 e. The lowest BCUT2D eigenvalue weighted by Gasteiger charge is -2.55. The van der Waals surface area contributed by atoms with E-state index < -0.39 is 10.0 Å². The molecule has 0 aromatic heterocycles. The fourth-order valence-corrected chi connectivity index (χ4v) is 7.41. The lowest BCUT2D eigenvalue weighted by atomic mass is 9.69. The second-order valence-corrected chi connectivity index (χ2v) is 12.6. The van der Waals surface area contributed by atoms with Crippen molar-refractivity contribution < 1.29 is 18.0 Å². The smallest absolute Gasteiger partial charge is 0.226 e. The molecule has 4 aliphatic rings. The van der Waals surface area contributed by atoms with Crippen LogP contribution in [0.15, 0.2) is 0 Å². The highest BCUT2D eigenvalue weighted by Gasteiger charge is 2.49. The molecule has 4 fully saturated rings. The topological polar surface area (TPSA) is 78.0 Å². The zero-order chi connectivity index (χ0) is 22.5. The van der Waals surface area contributed by atoms with Gasteiger partial charge in [0.15, 0.2) is 0 Å². The van der Waals surface area contributed by atoms with Gasteiger partial charge in [-0.05, 0) is 76.5 Å². The third kappa shape index (κ3) is 4.65. The zero-order valence-corrected chi connectivity index (χ0v) is 20.3. The maximum absolute atomic E-state index is 13.1. The Bertz CT molecular complexity index is 804. The molecular weight excluding hydrogens is 414 g/mol. The van der Waals surface area contributed by atoms with Crippen molar-refractivity contribution in [2.24, 2.45) is 17.8 Å². The van der Waals surface area contributed by atoms with Crippen LogP contribution in [-0.2, 0) is 19.6 Å². The first kappa shape index (κ1) is 23.0. The second kappa shape index (κ2) is 8.65. The summed E-state index contributed by atoms with van der Waals surface area (Å²) in [7, 11) is -1.45. The SMILES string of the molecule is CC(=O)N1C2CCC(C3CCC(N(C)S(C)(=O)=O)CC3)CC2N(C(=O)C2CC2)C[C@@H]1C. The first-order valence-corrected chi connectivity index (χ1v) is 13.9. The predicted molar refractivity (Wildman–Crippen MR) is 120 cm³/mol. The van der Waals surface area contributed by atoms with Gasteiger partial charge in [-0.3, -0.25) is 9.59 Å². The van der Waals surface area contributed by atoms with Crippen molar-refractivity contribution >= 4 is 21.8 Å². The molecular formula is C23H39N3O4S. The maximum Gasteiger partial charge on any atom is 0.226 e. The van der Waals surface area contributed by atoms with E-state index in [0.717, 1.165) is 57.8 Å². The molecule has 8 heteroatoms. The number of sulfonamides is 1. The molecule has 1 saturated heterocycles. The highest BCUT2D eigenvalue weighted by molar-refractivity contribution is 7.88. The van der Waals surface area contributed by atoms with E-state index in [-0.39, 0.29) is 36.0 Å². The van der Waals surface area contributed by atoms with Gasteiger partial charge < -0.3 is 9.80 Å². The van der Waals surface area contributed by atoms with E-state index in [4.69, 9.17) is 0 Å². The van der Waals surface area contributed by atoms with Crippen molar-refractivity contribution in [3.05, 3.63) is 0 Å². The summed E-state index contributed by atoms with van der Waals surface area (Å²) in [4.78, 5) is 29.7. The third-order valence-corrected chi connectivity index (χ3v) is 9.88. The summed E-state index contributed by atoms with van der Waals surface area (Å²) in [6, 6.07) is 0.482. The van der Waals surface area contributed by atoms with Crippen LogP contribution in [-0.4, -0.2) is 78.4 Å². The molecule has 1 heterocycles. The van der Waals surface area contributed by atoms with Crippen molar-refractivity contribution in [1.29, 1.82) is 0 Å². The molecule has 0 radical (unpaired) electrons. The normalized spacial score (nSPS) is 36.9. The van der Waals surface area contributed by atoms with Crippen LogP contribution in [0.2, 0.25) is 0 Å². The van der Waals surface area contributed by atoms with Crippen LogP contribution in [0.3, 0.4) is 0 Å². The standard InChI is InChI=1S/C23H39N3O4S/c1-15-14-25(23(28)18-5-6-18)22-13-19(9-12-21(22)26(15)16(2)27)17-7-10-20(11-8-17)24(3)31(4,29)30/h15,17-22H,5-14H2,1-4H3/t15-,17?,19?,20?,21?,22?/m0/s1. The average molecular weight is 454 g/mol. The Morgan fingerprint density at radius 2 is 1.52 bits per heavy atom. The number of fused-ring (bicyclic) bond motifs is 1. The van der Waals surface area contributed by atoms with Crippen LogP contribution in [0.25, 0.3) is 0 Å². The van der Waals surface area contributed by atoms with E-state index in [1.54, 1.807) is 18.3 Å². The zero-order valence-electron chi connectivity index (χ0n) is 19.5. The van der Waals surface area contributed by atoms with Gasteiger partial charge in [0.2, 0.25) is 21.8 Å². The van der Waals surface area contributed by atoms with Gasteiger partial charge in [-0.2, -0.15) is 0 Å². The molecule has 176 valence electrons. The number of carbonyl (C=O) groups excluding carboxylic acids is 2. The molecule has 2 amide bonds. The summed E-state index contributed by atoms with van der Waals surface area (Å²) in [6.07, 6.45) is 10.3. The van der Waals surface area contributed by atoms with E-state index in [2.05, 4.69) is 16.7 Å². The predicted octanol–water partition coefficient (Wildman–Crippen LogP) is 2.46. The molecule has 7 nitrogen and oxygen atoms in total. The van der Waals surface area contributed by atoms with E-state index in [1.165, 1.54) is 6.26 Å². The molecule has 0 N–H and O–H groups in total. The summed E-state index contributed by atoms with van der Waals surface area (Å²) in [5, 5.41) is 0. The Hall–Kier alpha value is -1.15. The second-order valence-electron chi connectivity index (χ2n) is 10.6. The number of hydrogen-bond donors (Lipinski definition) is 0. The molecule has 0 aromatic rings. The Balaban J connectivity index is 1.45. The van der Waals surface area contributed by atoms with Crippen molar-refractivity contribution in [2.75, 3.05) is 19.8 Å². The molecule has 4 rings (SSSR count). The number of nitrogens with zero attached hydrogens (tertiary/aromatic N) is 3. The first-order valence-electron chi connectivity index (χ1n) is 12.1. The quantitative estimate of drug-likeness (QED) is 0.655. The average Bonchev–Trinajstić information content (AvgIpc) is 3.56. The summed E-state index contributed by atoms with van der Waals surface area (Å²) in [6.45, 7) is 4.41. The number of rotatable bonds is 4. The summed E-state index contributed by atoms with van der Waals surface area (Å²) < 4.78 is 25.3. The van der Waals surface area contributed by atoms with Crippen LogP contribution in [0, 0.1) is 17.8 Å².